The van der Waals surface area contributed by atoms with Crippen molar-refractivity contribution in [2.45, 2.75) is 11.8 Å². The number of hydrogen-bond donors (Lipinski definition) is 0. The van der Waals surface area contributed by atoms with E-state index in [4.69, 9.17) is 23.2 Å². The molecule has 0 aliphatic rings. The molecule has 0 atom stereocenters. The molecule has 0 aromatic carbocycles. The van der Waals surface area contributed by atoms with Gasteiger partial charge in [-0.1, -0.05) is 0 Å². The molecule has 0 fully saturated rings. The third-order valence-electron chi connectivity index (χ3n) is 0. The summed E-state index contributed by atoms with van der Waals surface area (Å²) in [7, 11) is 8.50. The first-order chi connectivity index (χ1) is 3.73. The molecule has 0 aromatic rings. The van der Waals surface area contributed by atoms with Crippen molar-refractivity contribution in [2.75, 3.05) is 28.2 Å². The molecule has 66 valence electrons. The minimum Gasteiger partial charge on any atom is -1.00 e. The smallest absolute Gasteiger partial charge is 0.105 e. The van der Waals surface area contributed by atoms with Crippen LogP contribution in [0.3, 0.4) is 0 Å². The van der Waals surface area contributed by atoms with Gasteiger partial charge in [0.2, 0.25) is 0 Å². The predicted octanol–water partition coefficient (Wildman–Crippen LogP) is -0.864. The van der Waals surface area contributed by atoms with Gasteiger partial charge in [-0.05, 0) is 6.92 Å². The fourth-order valence-electron chi connectivity index (χ4n) is 0. The van der Waals surface area contributed by atoms with Gasteiger partial charge in [-0.2, -0.15) is 0 Å². The monoisotopic (exact) mass is 251 g/mol. The molecule has 0 amide bonds. The summed E-state index contributed by atoms with van der Waals surface area (Å²) in [5.41, 5.74) is 0. The maximum absolute atomic E-state index is 5.04. The summed E-state index contributed by atoms with van der Waals surface area (Å²) < 4.78 is 1.00. The van der Waals surface area contributed by atoms with Gasteiger partial charge in [0.25, 0.3) is 0 Å². The van der Waals surface area contributed by atoms with Crippen LogP contribution in [0.2, 0.25) is 0 Å². The highest BCUT2D eigenvalue weighted by Gasteiger charge is 1.88. The van der Waals surface area contributed by atoms with Crippen LogP contribution in [0.5, 0.6) is 0 Å². The Bertz CT molecular complexity index is 52.5. The van der Waals surface area contributed by atoms with Crippen molar-refractivity contribution in [2.24, 2.45) is 0 Å². The Hall–Kier alpha value is 1.02. The molecule has 0 radical (unpaired) electrons. The van der Waals surface area contributed by atoms with E-state index in [0.29, 0.717) is 0 Å². The van der Waals surface area contributed by atoms with E-state index in [2.05, 4.69) is 28.2 Å². The van der Waals surface area contributed by atoms with E-state index in [9.17, 15) is 0 Å². The van der Waals surface area contributed by atoms with E-state index >= 15 is 0 Å². The van der Waals surface area contributed by atoms with Gasteiger partial charge in [-0.3, -0.25) is 0 Å². The second-order valence-electron chi connectivity index (χ2n) is 3.20. The topological polar surface area (TPSA) is 0 Å². The van der Waals surface area contributed by atoms with Gasteiger partial charge < -0.3 is 21.5 Å². The standard InChI is InChI=1S/C4H12N.C2H4Cl2.BrH/c1-5(2,3)4;1-2(3)4;/h1-4H3;2H,1H3;1H/q+1;;/p-1. The Balaban J connectivity index is -0.0000000910. The molecule has 1 nitrogen and oxygen atoms in total. The van der Waals surface area contributed by atoms with E-state index in [1.807, 2.05) is 0 Å². The van der Waals surface area contributed by atoms with Gasteiger partial charge in [0.15, 0.2) is 0 Å². The molecular weight excluding hydrogens is 237 g/mol. The molecule has 0 rings (SSSR count). The van der Waals surface area contributed by atoms with Crippen molar-refractivity contribution in [3.8, 4) is 0 Å². The second kappa shape index (κ2) is 8.12. The zero-order chi connectivity index (χ0) is 8.08. The van der Waals surface area contributed by atoms with Gasteiger partial charge in [-0.15, -0.1) is 23.2 Å². The normalized spacial score (nSPS) is 9.60. The van der Waals surface area contributed by atoms with Crippen LogP contribution in [0.1, 0.15) is 6.92 Å². The van der Waals surface area contributed by atoms with Gasteiger partial charge >= 0.3 is 0 Å². The number of nitrogens with zero attached hydrogens (tertiary/aromatic N) is 1. The maximum atomic E-state index is 5.04. The van der Waals surface area contributed by atoms with Gasteiger partial charge in [-0.25, -0.2) is 0 Å². The van der Waals surface area contributed by atoms with Crippen LogP contribution in [0.4, 0.5) is 0 Å². The molecule has 0 saturated heterocycles. The van der Waals surface area contributed by atoms with Crippen molar-refractivity contribution in [3.05, 3.63) is 0 Å². The summed E-state index contributed by atoms with van der Waals surface area (Å²) in [5, 5.41) is 0. The number of hydrogen-bond acceptors (Lipinski definition) is 0. The number of alkyl halides is 2. The van der Waals surface area contributed by atoms with Gasteiger partial charge in [0, 0.05) is 0 Å². The zero-order valence-corrected chi connectivity index (χ0v) is 10.3. The SMILES string of the molecule is CC(Cl)Cl.C[N+](C)(C)C.[Br-]. The summed E-state index contributed by atoms with van der Waals surface area (Å²) in [5.74, 6) is 0. The van der Waals surface area contributed by atoms with Crippen molar-refractivity contribution < 1.29 is 21.5 Å². The minimum absolute atomic E-state index is 0. The zero-order valence-electron chi connectivity index (χ0n) is 7.16. The highest BCUT2D eigenvalue weighted by molar-refractivity contribution is 6.43. The first-order valence-corrected chi connectivity index (χ1v) is 3.68. The molecule has 0 unspecified atom stereocenters. The molecular formula is C6H16BrCl2N. The van der Waals surface area contributed by atoms with Crippen LogP contribution >= 0.6 is 23.2 Å². The first kappa shape index (κ1) is 17.2. The van der Waals surface area contributed by atoms with Crippen LogP contribution in [0, 0.1) is 0 Å². The third kappa shape index (κ3) is 558. The molecule has 0 aliphatic carbocycles. The van der Waals surface area contributed by atoms with Crippen molar-refractivity contribution >= 4 is 23.2 Å². The van der Waals surface area contributed by atoms with Crippen LogP contribution in [-0.2, 0) is 0 Å². The lowest BCUT2D eigenvalue weighted by atomic mass is 10.8. The number of halogens is 3. The Morgan fingerprint density at radius 2 is 1.00 bits per heavy atom. The lowest BCUT2D eigenvalue weighted by Gasteiger charge is -2.14. The molecule has 0 bridgehead atoms. The number of rotatable bonds is 0. The second-order valence-corrected chi connectivity index (χ2v) is 4.73. The Morgan fingerprint density at radius 1 is 1.00 bits per heavy atom. The molecule has 0 aromatic heterocycles. The van der Waals surface area contributed by atoms with E-state index in [0.717, 1.165) is 4.48 Å². The fourth-order valence-corrected chi connectivity index (χ4v) is 0. The summed E-state index contributed by atoms with van der Waals surface area (Å²) in [6, 6.07) is 0. The fraction of sp³-hybridized carbons (Fsp3) is 1.00. The number of quaternary nitrogens is 1. The third-order valence-corrected chi connectivity index (χ3v) is 0. The highest BCUT2D eigenvalue weighted by Crippen LogP contribution is 1.95. The summed E-state index contributed by atoms with van der Waals surface area (Å²) in [6.07, 6.45) is 0. The van der Waals surface area contributed by atoms with Crippen molar-refractivity contribution in [3.63, 3.8) is 0 Å². The lowest BCUT2D eigenvalue weighted by molar-refractivity contribution is -0.849. The van der Waals surface area contributed by atoms with Crippen LogP contribution in [0.25, 0.3) is 0 Å². The Labute approximate surface area is 84.7 Å². The quantitative estimate of drug-likeness (QED) is 0.389. The van der Waals surface area contributed by atoms with E-state index < -0.39 is 0 Å². The Morgan fingerprint density at radius 3 is 1.00 bits per heavy atom. The molecule has 0 N–H and O–H groups in total. The average molecular weight is 253 g/mol. The van der Waals surface area contributed by atoms with Crippen LogP contribution in [0.15, 0.2) is 0 Å². The lowest BCUT2D eigenvalue weighted by Crippen LogP contribution is -3.00. The van der Waals surface area contributed by atoms with E-state index in [1.54, 1.807) is 6.92 Å². The van der Waals surface area contributed by atoms with E-state index in [1.165, 1.54) is 0 Å². The minimum atomic E-state index is -0.222. The van der Waals surface area contributed by atoms with E-state index in [-0.39, 0.29) is 21.8 Å². The average Bonchev–Trinajstić information content (AvgIpc) is 1.19. The van der Waals surface area contributed by atoms with Crippen LogP contribution in [-0.4, -0.2) is 37.5 Å². The first-order valence-electron chi connectivity index (χ1n) is 2.80. The molecule has 10 heavy (non-hydrogen) atoms. The molecule has 4 heteroatoms. The highest BCUT2D eigenvalue weighted by atomic mass is 79.9. The predicted molar refractivity (Wildman–Crippen MR) is 45.1 cm³/mol. The van der Waals surface area contributed by atoms with Gasteiger partial charge in [0.1, 0.15) is 4.84 Å². The maximum Gasteiger partial charge on any atom is 0.105 e. The molecule has 0 aliphatic heterocycles. The van der Waals surface area contributed by atoms with Crippen molar-refractivity contribution in [1.29, 1.82) is 0 Å². The van der Waals surface area contributed by atoms with Gasteiger partial charge in [0.05, 0.1) is 28.2 Å². The Kier molecular flexibility index (Phi) is 14.0. The molecule has 0 spiro atoms. The molecule has 0 heterocycles. The van der Waals surface area contributed by atoms with Crippen LogP contribution < -0.4 is 17.0 Å². The summed E-state index contributed by atoms with van der Waals surface area (Å²) in [6.45, 7) is 1.70. The van der Waals surface area contributed by atoms with Crippen molar-refractivity contribution in [1.82, 2.24) is 0 Å². The largest absolute Gasteiger partial charge is 1.00 e. The summed E-state index contributed by atoms with van der Waals surface area (Å²) >= 11 is 10.1. The summed E-state index contributed by atoms with van der Waals surface area (Å²) in [4.78, 5) is -0.222. The molecule has 0 saturated carbocycles.